The van der Waals surface area contributed by atoms with Crippen LogP contribution in [0.1, 0.15) is 25.7 Å². The van der Waals surface area contributed by atoms with Crippen molar-refractivity contribution in [1.82, 2.24) is 19.4 Å². The summed E-state index contributed by atoms with van der Waals surface area (Å²) < 4.78 is 15.5. The van der Waals surface area contributed by atoms with Crippen molar-refractivity contribution in [2.24, 2.45) is 7.05 Å². The topological polar surface area (TPSA) is 70.5 Å². The summed E-state index contributed by atoms with van der Waals surface area (Å²) in [6.07, 6.45) is 0. The highest BCUT2D eigenvalue weighted by molar-refractivity contribution is 6.31. The first-order chi connectivity index (χ1) is 15.3. The van der Waals surface area contributed by atoms with E-state index >= 15 is 0 Å². The first kappa shape index (κ1) is 22.2. The Kier molecular flexibility index (Phi) is 6.17. The Bertz CT molecular complexity index is 1230. The van der Waals surface area contributed by atoms with Gasteiger partial charge in [-0.1, -0.05) is 23.7 Å². The van der Waals surface area contributed by atoms with E-state index in [-0.39, 0.29) is 29.4 Å². The second-order valence-corrected chi connectivity index (χ2v) is 8.56. The fourth-order valence-electron chi connectivity index (χ4n) is 4.19. The monoisotopic (exact) mass is 457 g/mol. The highest BCUT2D eigenvalue weighted by Gasteiger charge is 2.31. The van der Waals surface area contributed by atoms with Crippen LogP contribution >= 0.6 is 11.6 Å². The first-order valence-corrected chi connectivity index (χ1v) is 10.9. The summed E-state index contributed by atoms with van der Waals surface area (Å²) in [5, 5.41) is 3.70. The number of nitrogens with zero attached hydrogens (tertiary/aromatic N) is 4. The van der Waals surface area contributed by atoms with Gasteiger partial charge in [0.2, 0.25) is 0 Å². The second-order valence-electron chi connectivity index (χ2n) is 8.12. The third-order valence-corrected chi connectivity index (χ3v) is 6.27. The molecule has 2 unspecified atom stereocenters. The number of hydrogen-bond donors (Lipinski definition) is 1. The van der Waals surface area contributed by atoms with Crippen LogP contribution in [-0.4, -0.2) is 51.1 Å². The summed E-state index contributed by atoms with van der Waals surface area (Å²) in [6.45, 7) is 5.61. The minimum atomic E-state index is -0.468. The van der Waals surface area contributed by atoms with Crippen LogP contribution in [0.15, 0.2) is 47.3 Å². The molecule has 7 nitrogen and oxygen atoms in total. The van der Waals surface area contributed by atoms with Crippen molar-refractivity contribution in [2.75, 3.05) is 25.0 Å². The van der Waals surface area contributed by atoms with Crippen molar-refractivity contribution >= 4 is 34.2 Å². The number of urea groups is 1. The maximum atomic E-state index is 13.9. The zero-order chi connectivity index (χ0) is 23.0. The summed E-state index contributed by atoms with van der Waals surface area (Å²) in [6, 6.07) is 10.6. The predicted molar refractivity (Wildman–Crippen MR) is 124 cm³/mol. The third kappa shape index (κ3) is 4.20. The fourth-order valence-corrected chi connectivity index (χ4v) is 4.35. The lowest BCUT2D eigenvalue weighted by Crippen LogP contribution is -2.55. The number of para-hydroxylation sites is 1. The number of hydrogen-bond acceptors (Lipinski definition) is 4. The maximum Gasteiger partial charge on any atom is 0.322 e. The Morgan fingerprint density at radius 2 is 2.00 bits per heavy atom. The number of halogens is 2. The van der Waals surface area contributed by atoms with Crippen LogP contribution in [0.3, 0.4) is 0 Å². The first-order valence-electron chi connectivity index (χ1n) is 10.5. The van der Waals surface area contributed by atoms with Gasteiger partial charge in [0.05, 0.1) is 22.6 Å². The molecule has 1 aliphatic heterocycles. The van der Waals surface area contributed by atoms with Gasteiger partial charge in [0.25, 0.3) is 5.56 Å². The van der Waals surface area contributed by atoms with Crippen molar-refractivity contribution in [3.63, 3.8) is 0 Å². The molecule has 32 heavy (non-hydrogen) atoms. The highest BCUT2D eigenvalue weighted by Crippen LogP contribution is 2.24. The number of fused-ring (bicyclic) bond motifs is 1. The normalized spacial score (nSPS) is 18.0. The van der Waals surface area contributed by atoms with E-state index in [0.717, 1.165) is 0 Å². The molecule has 0 aliphatic carbocycles. The maximum absolute atomic E-state index is 13.9. The minimum absolute atomic E-state index is 0.107. The summed E-state index contributed by atoms with van der Waals surface area (Å²) in [5.74, 6) is 0.172. The van der Waals surface area contributed by atoms with Gasteiger partial charge < -0.3 is 10.2 Å². The molecule has 0 saturated carbocycles. The predicted octanol–water partition coefficient (Wildman–Crippen LogP) is 4.03. The van der Waals surface area contributed by atoms with Crippen LogP contribution in [-0.2, 0) is 7.05 Å². The summed E-state index contributed by atoms with van der Waals surface area (Å²) in [5.41, 5.74) is 0.609. The van der Waals surface area contributed by atoms with Gasteiger partial charge in [-0.15, -0.1) is 0 Å². The number of nitrogens with one attached hydrogen (secondary N) is 1. The molecule has 0 spiro atoms. The minimum Gasteiger partial charge on any atom is -0.319 e. The second kappa shape index (κ2) is 8.88. The van der Waals surface area contributed by atoms with Gasteiger partial charge in [0, 0.05) is 37.7 Å². The van der Waals surface area contributed by atoms with E-state index in [1.165, 1.54) is 12.1 Å². The number of carbonyl (C=O) groups excluding carboxylic acids is 1. The Morgan fingerprint density at radius 1 is 1.25 bits per heavy atom. The molecule has 168 valence electrons. The van der Waals surface area contributed by atoms with Crippen LogP contribution in [0.25, 0.3) is 10.9 Å². The molecule has 2 heterocycles. The molecular weight excluding hydrogens is 433 g/mol. The number of carbonyl (C=O) groups is 1. The zero-order valence-corrected chi connectivity index (χ0v) is 18.9. The highest BCUT2D eigenvalue weighted by atomic mass is 35.5. The smallest absolute Gasteiger partial charge is 0.319 e. The number of anilines is 1. The molecule has 2 atom stereocenters. The van der Waals surface area contributed by atoms with Gasteiger partial charge in [-0.3, -0.25) is 14.3 Å². The number of aromatic nitrogens is 2. The van der Waals surface area contributed by atoms with E-state index in [0.29, 0.717) is 41.4 Å². The Hall–Kier alpha value is -2.97. The molecule has 2 aromatic carbocycles. The van der Waals surface area contributed by atoms with Gasteiger partial charge in [0.1, 0.15) is 11.6 Å². The van der Waals surface area contributed by atoms with E-state index in [1.54, 1.807) is 46.8 Å². The van der Waals surface area contributed by atoms with Crippen LogP contribution in [0.2, 0.25) is 5.02 Å². The van der Waals surface area contributed by atoms with E-state index in [9.17, 15) is 14.0 Å². The lowest BCUT2D eigenvalue weighted by molar-refractivity contribution is 0.0796. The summed E-state index contributed by atoms with van der Waals surface area (Å²) in [7, 11) is 1.72. The average molecular weight is 458 g/mol. The van der Waals surface area contributed by atoms with Gasteiger partial charge >= 0.3 is 6.03 Å². The van der Waals surface area contributed by atoms with Gasteiger partial charge in [-0.05, 0) is 44.2 Å². The zero-order valence-electron chi connectivity index (χ0n) is 18.2. The Labute approximate surface area is 190 Å². The van der Waals surface area contributed by atoms with E-state index in [2.05, 4.69) is 10.2 Å². The quantitative estimate of drug-likeness (QED) is 0.644. The molecule has 1 fully saturated rings. The number of rotatable bonds is 3. The molecule has 9 heteroatoms. The number of piperazine rings is 1. The van der Waals surface area contributed by atoms with Crippen LogP contribution < -0.4 is 10.9 Å². The molecule has 4 rings (SSSR count). The molecule has 1 saturated heterocycles. The molecule has 2 amide bonds. The van der Waals surface area contributed by atoms with Gasteiger partial charge in [0.15, 0.2) is 0 Å². The lowest BCUT2D eigenvalue weighted by Gasteiger charge is -2.42. The molecule has 3 aromatic rings. The fraction of sp³-hybridized carbons (Fsp3) is 0.348. The van der Waals surface area contributed by atoms with Crippen molar-refractivity contribution in [3.05, 3.63) is 69.5 Å². The van der Waals surface area contributed by atoms with E-state index < -0.39 is 5.82 Å². The SMILES string of the molecule is CC(c1nc2cc(Cl)ccc2c(=O)n1C)N1CCN(C(=O)Nc2ccccc2F)C(C)C1. The van der Waals surface area contributed by atoms with Crippen molar-refractivity contribution in [2.45, 2.75) is 25.9 Å². The van der Waals surface area contributed by atoms with Gasteiger partial charge in [-0.2, -0.15) is 0 Å². The third-order valence-electron chi connectivity index (χ3n) is 6.03. The molecule has 1 aliphatic rings. The number of amides is 2. The Morgan fingerprint density at radius 3 is 2.72 bits per heavy atom. The van der Waals surface area contributed by atoms with Crippen molar-refractivity contribution in [1.29, 1.82) is 0 Å². The van der Waals surface area contributed by atoms with Crippen LogP contribution in [0.4, 0.5) is 14.9 Å². The molecule has 1 aromatic heterocycles. The average Bonchev–Trinajstić information content (AvgIpc) is 2.77. The standard InChI is InChI=1S/C23H25ClFN5O2/c1-14-13-29(10-11-30(14)23(32)27-19-7-5-4-6-18(19)25)15(2)21-26-20-12-16(24)8-9-17(20)22(31)28(21)3/h4-9,12,14-15H,10-11,13H2,1-3H3,(H,27,32). The van der Waals surface area contributed by atoms with Crippen molar-refractivity contribution < 1.29 is 9.18 Å². The largest absolute Gasteiger partial charge is 0.322 e. The Balaban J connectivity index is 1.51. The van der Waals surface area contributed by atoms with Crippen molar-refractivity contribution in [3.8, 4) is 0 Å². The van der Waals surface area contributed by atoms with Gasteiger partial charge in [-0.25, -0.2) is 14.2 Å². The lowest BCUT2D eigenvalue weighted by atomic mass is 10.1. The summed E-state index contributed by atoms with van der Waals surface area (Å²) >= 11 is 6.10. The van der Waals surface area contributed by atoms with E-state index in [1.807, 2.05) is 13.8 Å². The molecule has 0 bridgehead atoms. The molecular formula is C23H25ClFN5O2. The summed E-state index contributed by atoms with van der Waals surface area (Å²) in [4.78, 5) is 34.1. The molecule has 0 radical (unpaired) electrons. The van der Waals surface area contributed by atoms with Crippen LogP contribution in [0.5, 0.6) is 0 Å². The van der Waals surface area contributed by atoms with E-state index in [4.69, 9.17) is 16.6 Å². The molecule has 1 N–H and O–H groups in total. The number of benzene rings is 2. The van der Waals surface area contributed by atoms with Crippen LogP contribution in [0, 0.1) is 5.82 Å².